The van der Waals surface area contributed by atoms with Crippen LogP contribution in [0.1, 0.15) is 17.2 Å². The molecule has 0 fully saturated rings. The molecule has 2 aromatic heterocycles. The lowest BCUT2D eigenvalue weighted by Gasteiger charge is -2.18. The van der Waals surface area contributed by atoms with Crippen molar-refractivity contribution in [1.82, 2.24) is 9.97 Å². The summed E-state index contributed by atoms with van der Waals surface area (Å²) in [6, 6.07) is 10.0. The first kappa shape index (κ1) is 11.8. The Labute approximate surface area is 120 Å². The van der Waals surface area contributed by atoms with Crippen molar-refractivity contribution in [2.75, 3.05) is 5.32 Å². The van der Waals surface area contributed by atoms with Gasteiger partial charge in [-0.3, -0.25) is 0 Å². The third-order valence-electron chi connectivity index (χ3n) is 3.74. The van der Waals surface area contributed by atoms with Crippen LogP contribution in [0.4, 0.5) is 5.82 Å². The van der Waals surface area contributed by atoms with Crippen molar-refractivity contribution >= 4 is 27.4 Å². The fraction of sp³-hybridized carbons (Fsp3) is 0.200. The summed E-state index contributed by atoms with van der Waals surface area (Å²) in [5.74, 6) is 0.797. The molecule has 2 heterocycles. The quantitative estimate of drug-likeness (QED) is 0.759. The van der Waals surface area contributed by atoms with Gasteiger partial charge in [0.15, 0.2) is 0 Å². The number of hydrogen-bond acceptors (Lipinski definition) is 5. The molecule has 0 saturated heterocycles. The molecule has 100 valence electrons. The second-order valence-electron chi connectivity index (χ2n) is 4.95. The summed E-state index contributed by atoms with van der Waals surface area (Å²) in [6.07, 6.45) is 1.83. The maximum absolute atomic E-state index is 10.3. The Morgan fingerprint density at radius 3 is 3.05 bits per heavy atom. The van der Waals surface area contributed by atoms with E-state index in [1.165, 1.54) is 5.56 Å². The van der Waals surface area contributed by atoms with Gasteiger partial charge in [-0.25, -0.2) is 9.97 Å². The number of nitrogens with one attached hydrogen (secondary N) is 1. The molecule has 0 radical (unpaired) electrons. The van der Waals surface area contributed by atoms with Crippen LogP contribution in [0.25, 0.3) is 10.2 Å². The Kier molecular flexibility index (Phi) is 2.68. The standard InChI is InChI=1S/C15H13N3OS/c19-12-7-9-3-1-2-4-10(9)13(12)18-15-14-11(5-6-20-14)16-8-17-15/h1-6,8,12-13,19H,7H2,(H,16,17,18)/t12-,13+/m1/s1. The molecule has 2 atom stereocenters. The first-order valence-electron chi connectivity index (χ1n) is 6.53. The fourth-order valence-electron chi connectivity index (χ4n) is 2.79. The zero-order valence-electron chi connectivity index (χ0n) is 10.7. The van der Waals surface area contributed by atoms with Gasteiger partial charge >= 0.3 is 0 Å². The maximum atomic E-state index is 10.3. The van der Waals surface area contributed by atoms with E-state index in [1.807, 2.05) is 23.6 Å². The molecule has 4 rings (SSSR count). The molecule has 20 heavy (non-hydrogen) atoms. The largest absolute Gasteiger partial charge is 0.390 e. The second-order valence-corrected chi connectivity index (χ2v) is 5.87. The highest BCUT2D eigenvalue weighted by atomic mass is 32.1. The Morgan fingerprint density at radius 1 is 1.20 bits per heavy atom. The van der Waals surface area contributed by atoms with E-state index < -0.39 is 6.10 Å². The number of nitrogens with zero attached hydrogens (tertiary/aromatic N) is 2. The third kappa shape index (κ3) is 1.78. The molecular formula is C15H13N3OS. The van der Waals surface area contributed by atoms with Gasteiger partial charge in [-0.1, -0.05) is 24.3 Å². The molecule has 0 saturated carbocycles. The number of fused-ring (bicyclic) bond motifs is 2. The van der Waals surface area contributed by atoms with Gasteiger partial charge in [-0.2, -0.15) is 0 Å². The van der Waals surface area contributed by atoms with Crippen molar-refractivity contribution < 1.29 is 5.11 Å². The van der Waals surface area contributed by atoms with Gasteiger partial charge in [0.25, 0.3) is 0 Å². The zero-order chi connectivity index (χ0) is 13.5. The Morgan fingerprint density at radius 2 is 2.10 bits per heavy atom. The van der Waals surface area contributed by atoms with Crippen LogP contribution in [0.2, 0.25) is 0 Å². The highest BCUT2D eigenvalue weighted by molar-refractivity contribution is 7.17. The lowest BCUT2D eigenvalue weighted by atomic mass is 10.1. The van der Waals surface area contributed by atoms with Crippen LogP contribution in [0.15, 0.2) is 42.0 Å². The molecule has 0 spiro atoms. The number of aliphatic hydroxyl groups is 1. The van der Waals surface area contributed by atoms with Crippen LogP contribution in [-0.4, -0.2) is 21.2 Å². The Bertz CT molecular complexity index is 770. The summed E-state index contributed by atoms with van der Waals surface area (Å²) >= 11 is 1.61. The summed E-state index contributed by atoms with van der Waals surface area (Å²) in [5, 5.41) is 15.7. The zero-order valence-corrected chi connectivity index (χ0v) is 11.5. The SMILES string of the molecule is O[C@@H]1Cc2ccccc2[C@@H]1Nc1ncnc2ccsc12. The van der Waals surface area contributed by atoms with E-state index in [2.05, 4.69) is 27.4 Å². The van der Waals surface area contributed by atoms with Crippen LogP contribution in [0.3, 0.4) is 0 Å². The monoisotopic (exact) mass is 283 g/mol. The number of benzene rings is 1. The first-order valence-corrected chi connectivity index (χ1v) is 7.41. The minimum absolute atomic E-state index is 0.105. The van der Waals surface area contributed by atoms with E-state index in [1.54, 1.807) is 17.7 Å². The van der Waals surface area contributed by atoms with Crippen LogP contribution < -0.4 is 5.32 Å². The Hall–Kier alpha value is -1.98. The summed E-state index contributed by atoms with van der Waals surface area (Å²) < 4.78 is 1.03. The number of hydrogen-bond donors (Lipinski definition) is 2. The van der Waals surface area contributed by atoms with E-state index in [0.717, 1.165) is 21.6 Å². The molecule has 1 aromatic carbocycles. The Balaban J connectivity index is 1.74. The predicted octanol–water partition coefficient (Wildman–Crippen LogP) is 2.76. The van der Waals surface area contributed by atoms with Crippen molar-refractivity contribution in [3.8, 4) is 0 Å². The van der Waals surface area contributed by atoms with E-state index >= 15 is 0 Å². The lowest BCUT2D eigenvalue weighted by Crippen LogP contribution is -2.21. The van der Waals surface area contributed by atoms with Gasteiger partial charge in [0.1, 0.15) is 12.1 Å². The van der Waals surface area contributed by atoms with Gasteiger partial charge in [-0.05, 0) is 22.6 Å². The molecule has 3 aromatic rings. The topological polar surface area (TPSA) is 58.0 Å². The number of anilines is 1. The van der Waals surface area contributed by atoms with Crippen LogP contribution in [0, 0.1) is 0 Å². The first-order chi connectivity index (χ1) is 9.83. The van der Waals surface area contributed by atoms with Gasteiger partial charge in [0, 0.05) is 6.42 Å². The van der Waals surface area contributed by atoms with E-state index in [9.17, 15) is 5.11 Å². The smallest absolute Gasteiger partial charge is 0.148 e. The third-order valence-corrected chi connectivity index (χ3v) is 4.65. The number of aromatic nitrogens is 2. The maximum Gasteiger partial charge on any atom is 0.148 e. The molecule has 5 heteroatoms. The molecular weight excluding hydrogens is 270 g/mol. The minimum atomic E-state index is -0.419. The fourth-order valence-corrected chi connectivity index (χ4v) is 3.58. The van der Waals surface area contributed by atoms with Crippen molar-refractivity contribution in [1.29, 1.82) is 0 Å². The molecule has 0 amide bonds. The molecule has 1 aliphatic rings. The van der Waals surface area contributed by atoms with Gasteiger partial charge in [0.2, 0.25) is 0 Å². The minimum Gasteiger partial charge on any atom is -0.390 e. The van der Waals surface area contributed by atoms with Crippen LogP contribution >= 0.6 is 11.3 Å². The normalized spacial score (nSPS) is 21.1. The van der Waals surface area contributed by atoms with Crippen molar-refractivity contribution in [2.24, 2.45) is 0 Å². The van der Waals surface area contributed by atoms with Crippen molar-refractivity contribution in [3.63, 3.8) is 0 Å². The summed E-state index contributed by atoms with van der Waals surface area (Å²) in [5.41, 5.74) is 3.30. The van der Waals surface area contributed by atoms with Crippen molar-refractivity contribution in [3.05, 3.63) is 53.2 Å². The predicted molar refractivity (Wildman–Crippen MR) is 79.9 cm³/mol. The van der Waals surface area contributed by atoms with Crippen LogP contribution in [0.5, 0.6) is 0 Å². The summed E-state index contributed by atoms with van der Waals surface area (Å²) in [7, 11) is 0. The number of aliphatic hydroxyl groups excluding tert-OH is 1. The van der Waals surface area contributed by atoms with E-state index in [4.69, 9.17) is 0 Å². The average molecular weight is 283 g/mol. The van der Waals surface area contributed by atoms with Crippen molar-refractivity contribution in [2.45, 2.75) is 18.6 Å². The summed E-state index contributed by atoms with van der Waals surface area (Å²) in [4.78, 5) is 8.56. The van der Waals surface area contributed by atoms with Crippen LogP contribution in [-0.2, 0) is 6.42 Å². The highest BCUT2D eigenvalue weighted by Gasteiger charge is 2.31. The highest BCUT2D eigenvalue weighted by Crippen LogP contribution is 2.35. The van der Waals surface area contributed by atoms with E-state index in [-0.39, 0.29) is 6.04 Å². The molecule has 0 bridgehead atoms. The van der Waals surface area contributed by atoms with Gasteiger partial charge < -0.3 is 10.4 Å². The van der Waals surface area contributed by atoms with Gasteiger partial charge in [0.05, 0.1) is 22.4 Å². The molecule has 0 aliphatic heterocycles. The summed E-state index contributed by atoms with van der Waals surface area (Å²) in [6.45, 7) is 0. The second kappa shape index (κ2) is 4.54. The number of thiophene rings is 1. The number of rotatable bonds is 2. The van der Waals surface area contributed by atoms with E-state index in [0.29, 0.717) is 6.42 Å². The van der Waals surface area contributed by atoms with Gasteiger partial charge in [-0.15, -0.1) is 11.3 Å². The molecule has 2 N–H and O–H groups in total. The lowest BCUT2D eigenvalue weighted by molar-refractivity contribution is 0.165. The molecule has 4 nitrogen and oxygen atoms in total. The average Bonchev–Trinajstić information content (AvgIpc) is 3.05. The molecule has 1 aliphatic carbocycles. The molecule has 0 unspecified atom stereocenters.